The third-order valence-corrected chi connectivity index (χ3v) is 3.26. The van der Waals surface area contributed by atoms with Crippen molar-refractivity contribution in [3.05, 3.63) is 30.3 Å². The zero-order chi connectivity index (χ0) is 10.6. The molecule has 1 aromatic rings. The third-order valence-electron chi connectivity index (χ3n) is 1.23. The molecule has 0 spiro atoms. The first-order chi connectivity index (χ1) is 6.52. The molecule has 0 aromatic heterocycles. The van der Waals surface area contributed by atoms with E-state index in [1.54, 1.807) is 6.07 Å². The molecule has 0 amide bonds. The van der Waals surface area contributed by atoms with Gasteiger partial charge in [0.2, 0.25) is 0 Å². The highest BCUT2D eigenvalue weighted by atomic mass is 32.3. The van der Waals surface area contributed by atoms with E-state index in [-0.39, 0.29) is 16.9 Å². The molecule has 0 bridgehead atoms. The van der Waals surface area contributed by atoms with Crippen LogP contribution >= 0.6 is 12.0 Å². The van der Waals surface area contributed by atoms with Crippen molar-refractivity contribution in [2.45, 2.75) is 10.7 Å². The van der Waals surface area contributed by atoms with Crippen molar-refractivity contribution in [1.29, 1.82) is 0 Å². The van der Waals surface area contributed by atoms with E-state index in [0.717, 1.165) is 0 Å². The number of alkyl halides is 2. The SMILES string of the molecule is O=S(=O)(OSC(F)F)c1ccccc1. The topological polar surface area (TPSA) is 43.4 Å². The van der Waals surface area contributed by atoms with Crippen LogP contribution in [-0.4, -0.2) is 14.2 Å². The maximum atomic E-state index is 11.7. The Bertz CT molecular complexity index is 377. The summed E-state index contributed by atoms with van der Waals surface area (Å²) in [6, 6.07) is 7.09. The van der Waals surface area contributed by atoms with Crippen molar-refractivity contribution in [3.8, 4) is 0 Å². The number of benzene rings is 1. The zero-order valence-electron chi connectivity index (χ0n) is 6.76. The van der Waals surface area contributed by atoms with E-state index in [0.29, 0.717) is 0 Å². The molecule has 0 N–H and O–H groups in total. The van der Waals surface area contributed by atoms with E-state index < -0.39 is 15.9 Å². The molecule has 0 aliphatic heterocycles. The molecule has 0 radical (unpaired) electrons. The van der Waals surface area contributed by atoms with Gasteiger partial charge in [0.15, 0.2) is 0 Å². The molecular weight excluding hydrogens is 234 g/mol. The summed E-state index contributed by atoms with van der Waals surface area (Å²) in [6.07, 6.45) is 0. The lowest BCUT2D eigenvalue weighted by Gasteiger charge is -2.02. The second-order valence-electron chi connectivity index (χ2n) is 2.19. The minimum Gasteiger partial charge on any atom is -0.195 e. The molecule has 0 aliphatic rings. The predicted molar refractivity (Wildman–Crippen MR) is 48.3 cm³/mol. The maximum absolute atomic E-state index is 11.7. The van der Waals surface area contributed by atoms with Crippen LogP contribution in [0.2, 0.25) is 0 Å². The van der Waals surface area contributed by atoms with Crippen LogP contribution in [-0.2, 0) is 13.7 Å². The monoisotopic (exact) mass is 240 g/mol. The van der Waals surface area contributed by atoms with Gasteiger partial charge in [-0.3, -0.25) is 0 Å². The van der Waals surface area contributed by atoms with Gasteiger partial charge in [0.1, 0.15) is 0 Å². The van der Waals surface area contributed by atoms with Gasteiger partial charge >= 0.3 is 15.9 Å². The molecule has 1 aromatic carbocycles. The van der Waals surface area contributed by atoms with E-state index in [4.69, 9.17) is 0 Å². The molecule has 0 unspecified atom stereocenters. The van der Waals surface area contributed by atoms with Gasteiger partial charge in [0, 0.05) is 0 Å². The van der Waals surface area contributed by atoms with Gasteiger partial charge in [-0.2, -0.15) is 20.8 Å². The van der Waals surface area contributed by atoms with Gasteiger partial charge in [-0.1, -0.05) is 18.2 Å². The summed E-state index contributed by atoms with van der Waals surface area (Å²) >= 11 is -0.388. The predicted octanol–water partition coefficient (Wildman–Crippen LogP) is 2.26. The van der Waals surface area contributed by atoms with Gasteiger partial charge in [-0.25, -0.2) is 0 Å². The number of rotatable bonds is 4. The molecule has 0 fully saturated rings. The molecular formula is C7H6F2O3S2. The van der Waals surface area contributed by atoms with E-state index >= 15 is 0 Å². The molecule has 78 valence electrons. The fourth-order valence-electron chi connectivity index (χ4n) is 0.708. The minimum absolute atomic E-state index is 0.145. The Balaban J connectivity index is 2.77. The summed E-state index contributed by atoms with van der Waals surface area (Å²) in [6.45, 7) is 0. The van der Waals surface area contributed by atoms with E-state index in [1.165, 1.54) is 24.3 Å². The average molecular weight is 240 g/mol. The van der Waals surface area contributed by atoms with Crippen molar-refractivity contribution in [2.24, 2.45) is 0 Å². The molecule has 0 aliphatic carbocycles. The molecule has 14 heavy (non-hydrogen) atoms. The van der Waals surface area contributed by atoms with Gasteiger partial charge in [-0.05, 0) is 12.1 Å². The van der Waals surface area contributed by atoms with Crippen LogP contribution in [0.15, 0.2) is 35.2 Å². The fraction of sp³-hybridized carbons (Fsp3) is 0.143. The fourth-order valence-corrected chi connectivity index (χ4v) is 2.16. The van der Waals surface area contributed by atoms with Crippen LogP contribution in [0.1, 0.15) is 0 Å². The lowest BCUT2D eigenvalue weighted by atomic mass is 10.4. The van der Waals surface area contributed by atoms with Crippen LogP contribution in [0, 0.1) is 0 Å². The average Bonchev–Trinajstić information content (AvgIpc) is 2.16. The summed E-state index contributed by atoms with van der Waals surface area (Å²) in [4.78, 5) is -0.145. The van der Waals surface area contributed by atoms with E-state index in [9.17, 15) is 17.2 Å². The maximum Gasteiger partial charge on any atom is 0.310 e. The highest BCUT2D eigenvalue weighted by Gasteiger charge is 2.18. The molecule has 1 rings (SSSR count). The first kappa shape index (κ1) is 11.4. The first-order valence-corrected chi connectivity index (χ1v) is 5.67. The van der Waals surface area contributed by atoms with Crippen LogP contribution in [0.25, 0.3) is 0 Å². The minimum atomic E-state index is -4.07. The van der Waals surface area contributed by atoms with Gasteiger partial charge in [0.25, 0.3) is 0 Å². The Morgan fingerprint density at radius 2 is 1.79 bits per heavy atom. The summed E-state index contributed by atoms with van der Waals surface area (Å²) in [7, 11) is -4.07. The van der Waals surface area contributed by atoms with Gasteiger partial charge < -0.3 is 0 Å². The molecule has 0 atom stereocenters. The summed E-state index contributed by atoms with van der Waals surface area (Å²) in [5.41, 5.74) is 0. The number of hydrogen-bond donors (Lipinski definition) is 0. The lowest BCUT2D eigenvalue weighted by molar-refractivity contribution is 0.244. The highest BCUT2D eigenvalue weighted by molar-refractivity contribution is 8.04. The van der Waals surface area contributed by atoms with Crippen molar-refractivity contribution in [3.63, 3.8) is 0 Å². The van der Waals surface area contributed by atoms with E-state index in [1.807, 2.05) is 0 Å². The van der Waals surface area contributed by atoms with Crippen LogP contribution < -0.4 is 0 Å². The molecule has 7 heteroatoms. The Kier molecular flexibility index (Phi) is 3.85. The summed E-state index contributed by atoms with van der Waals surface area (Å²) in [5.74, 6) is -2.88. The lowest BCUT2D eigenvalue weighted by Crippen LogP contribution is -2.02. The van der Waals surface area contributed by atoms with E-state index in [2.05, 4.69) is 3.63 Å². The third kappa shape index (κ3) is 3.24. The van der Waals surface area contributed by atoms with Crippen LogP contribution in [0.4, 0.5) is 8.78 Å². The quantitative estimate of drug-likeness (QED) is 0.757. The molecule has 0 saturated carbocycles. The number of halogens is 2. The van der Waals surface area contributed by atoms with Gasteiger partial charge in [0.05, 0.1) is 16.9 Å². The Hall–Kier alpha value is -0.660. The van der Waals surface area contributed by atoms with Crippen LogP contribution in [0.3, 0.4) is 0 Å². The van der Waals surface area contributed by atoms with Crippen molar-refractivity contribution in [1.82, 2.24) is 0 Å². The normalized spacial score (nSPS) is 11.9. The van der Waals surface area contributed by atoms with Crippen molar-refractivity contribution < 1.29 is 20.8 Å². The second-order valence-corrected chi connectivity index (χ2v) is 4.66. The molecule has 0 heterocycles. The molecule has 0 saturated heterocycles. The first-order valence-electron chi connectivity index (χ1n) is 3.45. The second kappa shape index (κ2) is 4.72. The molecule has 3 nitrogen and oxygen atoms in total. The zero-order valence-corrected chi connectivity index (χ0v) is 8.39. The summed E-state index contributed by atoms with van der Waals surface area (Å²) < 4.78 is 49.6. The van der Waals surface area contributed by atoms with Gasteiger partial charge in [-0.15, -0.1) is 0 Å². The summed E-state index contributed by atoms with van der Waals surface area (Å²) in [5, 5.41) is 0. The standard InChI is InChI=1S/C7H6F2O3S2/c8-7(9)13-12-14(10,11)6-4-2-1-3-5-6/h1-5,7H. The Morgan fingerprint density at radius 1 is 1.21 bits per heavy atom. The largest absolute Gasteiger partial charge is 0.310 e. The Morgan fingerprint density at radius 3 is 2.29 bits per heavy atom. The van der Waals surface area contributed by atoms with Crippen molar-refractivity contribution in [2.75, 3.05) is 0 Å². The number of hydrogen-bond acceptors (Lipinski definition) is 4. The van der Waals surface area contributed by atoms with Crippen LogP contribution in [0.5, 0.6) is 0 Å². The Labute approximate surface area is 84.4 Å². The smallest absolute Gasteiger partial charge is 0.195 e. The van der Waals surface area contributed by atoms with Crippen molar-refractivity contribution >= 4 is 22.2 Å². The highest BCUT2D eigenvalue weighted by Crippen LogP contribution is 2.22.